The number of methoxy groups -OCH3 is 1. The molecule has 7 heteroatoms. The average molecular weight is 431 g/mol. The van der Waals surface area contributed by atoms with Crippen molar-refractivity contribution in [1.82, 2.24) is 9.62 Å². The number of carbonyl (C=O) groups is 1. The van der Waals surface area contributed by atoms with Crippen molar-refractivity contribution < 1.29 is 17.9 Å². The average Bonchev–Trinajstić information content (AvgIpc) is 2.78. The number of aryl methyl sites for hydroxylation is 1. The van der Waals surface area contributed by atoms with Crippen LogP contribution in [-0.2, 0) is 14.8 Å². The molecule has 2 aromatic carbocycles. The van der Waals surface area contributed by atoms with Gasteiger partial charge in [-0.2, -0.15) is 4.31 Å². The second-order valence-corrected chi connectivity index (χ2v) is 9.70. The lowest BCUT2D eigenvalue weighted by molar-refractivity contribution is -0.126. The molecule has 0 radical (unpaired) electrons. The van der Waals surface area contributed by atoms with E-state index in [-0.39, 0.29) is 29.3 Å². The summed E-state index contributed by atoms with van der Waals surface area (Å²) in [5.41, 5.74) is 2.24. The minimum Gasteiger partial charge on any atom is -0.497 e. The van der Waals surface area contributed by atoms with Crippen LogP contribution in [0.3, 0.4) is 0 Å². The fourth-order valence-electron chi connectivity index (χ4n) is 3.78. The number of ether oxygens (including phenoxy) is 1. The van der Waals surface area contributed by atoms with E-state index < -0.39 is 10.0 Å². The van der Waals surface area contributed by atoms with Crippen molar-refractivity contribution in [2.45, 2.75) is 44.0 Å². The van der Waals surface area contributed by atoms with Crippen LogP contribution in [0.1, 0.15) is 43.4 Å². The molecule has 6 nitrogen and oxygen atoms in total. The van der Waals surface area contributed by atoms with Crippen molar-refractivity contribution in [3.63, 3.8) is 0 Å². The zero-order valence-electron chi connectivity index (χ0n) is 17.8. The third-order valence-corrected chi connectivity index (χ3v) is 7.54. The van der Waals surface area contributed by atoms with E-state index in [4.69, 9.17) is 4.74 Å². The number of benzene rings is 2. The Kier molecular flexibility index (Phi) is 7.15. The van der Waals surface area contributed by atoms with E-state index in [0.717, 1.165) is 12.0 Å². The lowest BCUT2D eigenvalue weighted by Crippen LogP contribution is -2.46. The summed E-state index contributed by atoms with van der Waals surface area (Å²) in [7, 11) is -2.11. The van der Waals surface area contributed by atoms with Crippen LogP contribution in [0.5, 0.6) is 5.75 Å². The topological polar surface area (TPSA) is 75.7 Å². The summed E-state index contributed by atoms with van der Waals surface area (Å²) in [5.74, 6) is 0.162. The molecule has 0 aliphatic carbocycles. The Hall–Kier alpha value is -2.38. The van der Waals surface area contributed by atoms with Crippen LogP contribution in [0, 0.1) is 12.8 Å². The number of hydrogen-bond donors (Lipinski definition) is 1. The minimum absolute atomic E-state index is 0.0772. The Bertz CT molecular complexity index is 956. The Balaban J connectivity index is 1.69. The summed E-state index contributed by atoms with van der Waals surface area (Å²) >= 11 is 0. The fraction of sp³-hybridized carbons (Fsp3) is 0.435. The van der Waals surface area contributed by atoms with Crippen molar-refractivity contribution in [3.8, 4) is 5.75 Å². The van der Waals surface area contributed by atoms with Crippen molar-refractivity contribution in [2.75, 3.05) is 20.2 Å². The predicted octanol–water partition coefficient (Wildman–Crippen LogP) is 3.67. The molecule has 1 saturated heterocycles. The molecule has 1 aliphatic rings. The Morgan fingerprint density at radius 3 is 2.43 bits per heavy atom. The quantitative estimate of drug-likeness (QED) is 0.727. The van der Waals surface area contributed by atoms with E-state index in [1.807, 2.05) is 38.1 Å². The molecule has 1 amide bonds. The minimum atomic E-state index is -3.65. The SMILES string of the molecule is CC[C@H](NC(=O)[C@H]1CCCN(S(=O)(=O)c2ccc(OC)cc2)C1)c1ccc(C)cc1. The van der Waals surface area contributed by atoms with E-state index in [1.54, 1.807) is 24.3 Å². The van der Waals surface area contributed by atoms with Gasteiger partial charge in [0, 0.05) is 13.1 Å². The number of piperidine rings is 1. The number of amides is 1. The zero-order valence-corrected chi connectivity index (χ0v) is 18.6. The van der Waals surface area contributed by atoms with E-state index in [9.17, 15) is 13.2 Å². The Morgan fingerprint density at radius 1 is 1.17 bits per heavy atom. The van der Waals surface area contributed by atoms with E-state index in [2.05, 4.69) is 5.32 Å². The number of hydrogen-bond acceptors (Lipinski definition) is 4. The number of sulfonamides is 1. The van der Waals surface area contributed by atoms with Gasteiger partial charge in [-0.15, -0.1) is 0 Å². The maximum atomic E-state index is 13.0. The summed E-state index contributed by atoms with van der Waals surface area (Å²) in [4.78, 5) is 13.2. The molecule has 1 N–H and O–H groups in total. The fourth-order valence-corrected chi connectivity index (χ4v) is 5.30. The summed E-state index contributed by atoms with van der Waals surface area (Å²) in [6, 6.07) is 14.4. The number of nitrogens with zero attached hydrogens (tertiary/aromatic N) is 1. The van der Waals surface area contributed by atoms with Gasteiger partial charge >= 0.3 is 0 Å². The van der Waals surface area contributed by atoms with Gasteiger partial charge in [-0.25, -0.2) is 8.42 Å². The molecular weight excluding hydrogens is 400 g/mol. The third kappa shape index (κ3) is 5.02. The van der Waals surface area contributed by atoms with E-state index >= 15 is 0 Å². The van der Waals surface area contributed by atoms with Gasteiger partial charge in [0.15, 0.2) is 0 Å². The lowest BCUT2D eigenvalue weighted by Gasteiger charge is -2.32. The summed E-state index contributed by atoms with van der Waals surface area (Å²) in [6.45, 7) is 4.69. The monoisotopic (exact) mass is 430 g/mol. The normalized spacial score (nSPS) is 18.6. The predicted molar refractivity (Wildman–Crippen MR) is 117 cm³/mol. The Labute approximate surface area is 179 Å². The first kappa shape index (κ1) is 22.3. The van der Waals surface area contributed by atoms with Crippen molar-refractivity contribution in [3.05, 3.63) is 59.7 Å². The van der Waals surface area contributed by atoms with Crippen LogP contribution < -0.4 is 10.1 Å². The second kappa shape index (κ2) is 9.62. The summed E-state index contributed by atoms with van der Waals surface area (Å²) in [6.07, 6.45) is 2.12. The van der Waals surface area contributed by atoms with Crippen LogP contribution >= 0.6 is 0 Å². The van der Waals surface area contributed by atoms with Crippen molar-refractivity contribution in [1.29, 1.82) is 0 Å². The maximum absolute atomic E-state index is 13.0. The first-order valence-electron chi connectivity index (χ1n) is 10.4. The van der Waals surface area contributed by atoms with Gasteiger partial charge in [0.05, 0.1) is 24.0 Å². The van der Waals surface area contributed by atoms with Gasteiger partial charge in [-0.3, -0.25) is 4.79 Å². The molecule has 0 saturated carbocycles. The van der Waals surface area contributed by atoms with E-state index in [1.165, 1.54) is 17.0 Å². The highest BCUT2D eigenvalue weighted by Gasteiger charge is 2.34. The molecule has 0 bridgehead atoms. The lowest BCUT2D eigenvalue weighted by atomic mass is 9.97. The molecule has 0 aromatic heterocycles. The zero-order chi connectivity index (χ0) is 21.7. The van der Waals surface area contributed by atoms with Crippen LogP contribution in [-0.4, -0.2) is 38.8 Å². The second-order valence-electron chi connectivity index (χ2n) is 7.76. The smallest absolute Gasteiger partial charge is 0.243 e. The number of rotatable bonds is 7. The highest BCUT2D eigenvalue weighted by molar-refractivity contribution is 7.89. The molecule has 1 heterocycles. The highest BCUT2D eigenvalue weighted by atomic mass is 32.2. The molecule has 30 heavy (non-hydrogen) atoms. The molecule has 2 atom stereocenters. The van der Waals surface area contributed by atoms with Crippen molar-refractivity contribution in [2.24, 2.45) is 5.92 Å². The standard InChI is InChI=1S/C23H30N2O4S/c1-4-22(18-9-7-17(2)8-10-18)24-23(26)19-6-5-15-25(16-19)30(27,28)21-13-11-20(29-3)12-14-21/h7-14,19,22H,4-6,15-16H2,1-3H3,(H,24,26)/t19-,22-/m0/s1. The number of nitrogens with one attached hydrogen (secondary N) is 1. The van der Waals surface area contributed by atoms with Crippen molar-refractivity contribution >= 4 is 15.9 Å². The summed E-state index contributed by atoms with van der Waals surface area (Å²) < 4.78 is 32.6. The van der Waals surface area contributed by atoms with Gasteiger partial charge in [0.25, 0.3) is 0 Å². The van der Waals surface area contributed by atoms with Crippen LogP contribution in [0.25, 0.3) is 0 Å². The molecule has 0 unspecified atom stereocenters. The largest absolute Gasteiger partial charge is 0.497 e. The van der Waals surface area contributed by atoms with Gasteiger partial charge < -0.3 is 10.1 Å². The molecule has 2 aromatic rings. The molecule has 162 valence electrons. The molecule has 3 rings (SSSR count). The van der Waals surface area contributed by atoms with Gasteiger partial charge in [-0.05, 0) is 56.0 Å². The molecule has 1 fully saturated rings. The van der Waals surface area contributed by atoms with Gasteiger partial charge in [0.2, 0.25) is 15.9 Å². The molecule has 1 aliphatic heterocycles. The maximum Gasteiger partial charge on any atom is 0.243 e. The van der Waals surface area contributed by atoms with Gasteiger partial charge in [-0.1, -0.05) is 36.8 Å². The third-order valence-electron chi connectivity index (χ3n) is 5.66. The van der Waals surface area contributed by atoms with E-state index in [0.29, 0.717) is 25.1 Å². The first-order valence-corrected chi connectivity index (χ1v) is 11.8. The molecular formula is C23H30N2O4S. The van der Waals surface area contributed by atoms with Crippen LogP contribution in [0.15, 0.2) is 53.4 Å². The Morgan fingerprint density at radius 2 is 1.83 bits per heavy atom. The first-order chi connectivity index (χ1) is 14.3. The molecule has 0 spiro atoms. The van der Waals surface area contributed by atoms with Crippen LogP contribution in [0.4, 0.5) is 0 Å². The number of carbonyl (C=O) groups excluding carboxylic acids is 1. The highest BCUT2D eigenvalue weighted by Crippen LogP contribution is 2.26. The van der Waals surface area contributed by atoms with Gasteiger partial charge in [0.1, 0.15) is 5.75 Å². The van der Waals surface area contributed by atoms with Crippen LogP contribution in [0.2, 0.25) is 0 Å². The summed E-state index contributed by atoms with van der Waals surface area (Å²) in [5, 5.41) is 3.12.